The highest BCUT2D eigenvalue weighted by Crippen LogP contribution is 2.24. The fraction of sp³-hybridized carbons (Fsp3) is 0. The summed E-state index contributed by atoms with van der Waals surface area (Å²) < 4.78 is 5.17. The molecule has 2 N–H and O–H groups in total. The third kappa shape index (κ3) is 2.98. The van der Waals surface area contributed by atoms with Crippen LogP contribution >= 0.6 is 11.6 Å². The molecule has 0 bridgehead atoms. The summed E-state index contributed by atoms with van der Waals surface area (Å²) in [5.74, 6) is -2.70. The average molecular weight is 296 g/mol. The molecule has 1 heterocycles. The number of ether oxygens (including phenoxy) is 1. The lowest BCUT2D eigenvalue weighted by Crippen LogP contribution is -2.05. The summed E-state index contributed by atoms with van der Waals surface area (Å²) in [6.07, 6.45) is 1.09. The second-order valence-corrected chi connectivity index (χ2v) is 3.80. The van der Waals surface area contributed by atoms with Gasteiger partial charge in [0, 0.05) is 0 Å². The van der Waals surface area contributed by atoms with Crippen molar-refractivity contribution in [3.05, 3.63) is 40.9 Å². The standard InChI is InChI=1S/C11H6ClN3O5/c12-10-13-4-14-11(15-10)20-7-2-1-5(8(16)17)3-6(7)9(18)19/h1-4H,(H,16,17)(H,18,19). The number of nitrogens with zero attached hydrogens (tertiary/aromatic N) is 3. The van der Waals surface area contributed by atoms with Gasteiger partial charge < -0.3 is 14.9 Å². The van der Waals surface area contributed by atoms with Gasteiger partial charge >= 0.3 is 17.9 Å². The van der Waals surface area contributed by atoms with Crippen LogP contribution in [0.5, 0.6) is 11.8 Å². The van der Waals surface area contributed by atoms with E-state index in [2.05, 4.69) is 15.0 Å². The summed E-state index contributed by atoms with van der Waals surface area (Å²) in [5.41, 5.74) is -0.509. The van der Waals surface area contributed by atoms with Crippen LogP contribution in [0.1, 0.15) is 20.7 Å². The topological polar surface area (TPSA) is 123 Å². The Bertz CT molecular complexity index is 692. The number of halogens is 1. The summed E-state index contributed by atoms with van der Waals surface area (Å²) in [6.45, 7) is 0. The van der Waals surface area contributed by atoms with Crippen LogP contribution < -0.4 is 4.74 Å². The van der Waals surface area contributed by atoms with Gasteiger partial charge in [-0.3, -0.25) is 0 Å². The Labute approximate surface area is 116 Å². The molecule has 0 atom stereocenters. The molecule has 1 aromatic carbocycles. The maximum atomic E-state index is 11.1. The molecule has 0 spiro atoms. The van der Waals surface area contributed by atoms with E-state index in [4.69, 9.17) is 26.6 Å². The summed E-state index contributed by atoms with van der Waals surface area (Å²) in [5, 5.41) is 17.8. The first-order chi connectivity index (χ1) is 9.47. The van der Waals surface area contributed by atoms with Crippen molar-refractivity contribution >= 4 is 23.5 Å². The second kappa shape index (κ2) is 5.49. The van der Waals surface area contributed by atoms with Crippen LogP contribution in [-0.4, -0.2) is 37.1 Å². The zero-order valence-electron chi connectivity index (χ0n) is 9.65. The maximum absolute atomic E-state index is 11.1. The van der Waals surface area contributed by atoms with Gasteiger partial charge in [0.05, 0.1) is 5.56 Å². The zero-order valence-corrected chi connectivity index (χ0v) is 10.4. The Morgan fingerprint density at radius 3 is 2.50 bits per heavy atom. The normalized spacial score (nSPS) is 10.1. The fourth-order valence-corrected chi connectivity index (χ4v) is 1.45. The van der Waals surface area contributed by atoms with Gasteiger partial charge in [-0.2, -0.15) is 9.97 Å². The molecule has 0 unspecified atom stereocenters. The van der Waals surface area contributed by atoms with E-state index in [1.807, 2.05) is 0 Å². The van der Waals surface area contributed by atoms with Crippen molar-refractivity contribution in [1.82, 2.24) is 15.0 Å². The molecule has 1 aromatic heterocycles. The van der Waals surface area contributed by atoms with Crippen LogP contribution in [0.25, 0.3) is 0 Å². The quantitative estimate of drug-likeness (QED) is 0.874. The van der Waals surface area contributed by atoms with E-state index >= 15 is 0 Å². The molecule has 0 amide bonds. The summed E-state index contributed by atoms with van der Waals surface area (Å²) in [6, 6.07) is 3.18. The Morgan fingerprint density at radius 2 is 1.90 bits per heavy atom. The van der Waals surface area contributed by atoms with Gasteiger partial charge in [0.15, 0.2) is 0 Å². The molecule has 0 saturated heterocycles. The molecule has 102 valence electrons. The lowest BCUT2D eigenvalue weighted by Gasteiger charge is -2.07. The Morgan fingerprint density at radius 1 is 1.15 bits per heavy atom. The predicted octanol–water partition coefficient (Wildman–Crippen LogP) is 1.71. The first-order valence-electron chi connectivity index (χ1n) is 5.10. The number of hydrogen-bond donors (Lipinski definition) is 2. The number of carboxylic acid groups (broad SMARTS) is 2. The number of carboxylic acids is 2. The number of carbonyl (C=O) groups is 2. The number of rotatable bonds is 4. The van der Waals surface area contributed by atoms with Gasteiger partial charge in [-0.25, -0.2) is 14.6 Å². The molecule has 0 fully saturated rings. The summed E-state index contributed by atoms with van der Waals surface area (Å²) in [4.78, 5) is 32.7. The van der Waals surface area contributed by atoms with Crippen LogP contribution in [-0.2, 0) is 0 Å². The third-order valence-corrected chi connectivity index (χ3v) is 2.36. The van der Waals surface area contributed by atoms with Crippen molar-refractivity contribution in [2.75, 3.05) is 0 Å². The van der Waals surface area contributed by atoms with Crippen LogP contribution in [0.2, 0.25) is 5.28 Å². The lowest BCUT2D eigenvalue weighted by molar-refractivity contribution is 0.0693. The molecule has 20 heavy (non-hydrogen) atoms. The average Bonchev–Trinajstić information content (AvgIpc) is 2.38. The molecular formula is C11H6ClN3O5. The van der Waals surface area contributed by atoms with E-state index in [9.17, 15) is 9.59 Å². The van der Waals surface area contributed by atoms with Crippen molar-refractivity contribution < 1.29 is 24.5 Å². The maximum Gasteiger partial charge on any atom is 0.339 e. The minimum Gasteiger partial charge on any atom is -0.478 e. The van der Waals surface area contributed by atoms with Gasteiger partial charge in [-0.15, -0.1) is 0 Å². The molecular weight excluding hydrogens is 290 g/mol. The Kier molecular flexibility index (Phi) is 3.76. The van der Waals surface area contributed by atoms with E-state index in [0.717, 1.165) is 12.4 Å². The number of aromatic nitrogens is 3. The molecule has 0 aliphatic carbocycles. The molecule has 0 aliphatic heterocycles. The zero-order chi connectivity index (χ0) is 14.7. The predicted molar refractivity (Wildman–Crippen MR) is 65.3 cm³/mol. The first-order valence-corrected chi connectivity index (χ1v) is 5.48. The number of hydrogen-bond acceptors (Lipinski definition) is 6. The van der Waals surface area contributed by atoms with Crippen LogP contribution in [0.15, 0.2) is 24.5 Å². The number of aromatic carboxylic acids is 2. The minimum atomic E-state index is -1.34. The first kappa shape index (κ1) is 13.7. The van der Waals surface area contributed by atoms with Crippen molar-refractivity contribution in [3.8, 4) is 11.8 Å². The molecule has 8 nitrogen and oxygen atoms in total. The summed E-state index contributed by atoms with van der Waals surface area (Å²) in [7, 11) is 0. The molecule has 0 radical (unpaired) electrons. The van der Waals surface area contributed by atoms with Gasteiger partial charge in [-0.1, -0.05) is 0 Å². The SMILES string of the molecule is O=C(O)c1ccc(Oc2ncnc(Cl)n2)c(C(=O)O)c1. The Balaban J connectivity index is 2.41. The monoisotopic (exact) mass is 295 g/mol. The smallest absolute Gasteiger partial charge is 0.339 e. The highest BCUT2D eigenvalue weighted by molar-refractivity contribution is 6.28. The van der Waals surface area contributed by atoms with Crippen LogP contribution in [0.4, 0.5) is 0 Å². The highest BCUT2D eigenvalue weighted by atomic mass is 35.5. The third-order valence-electron chi connectivity index (χ3n) is 2.18. The van der Waals surface area contributed by atoms with E-state index in [0.29, 0.717) is 0 Å². The van der Waals surface area contributed by atoms with Crippen LogP contribution in [0, 0.1) is 0 Å². The largest absolute Gasteiger partial charge is 0.478 e. The number of benzene rings is 1. The second-order valence-electron chi connectivity index (χ2n) is 3.46. The van der Waals surface area contributed by atoms with E-state index in [-0.39, 0.29) is 28.2 Å². The van der Waals surface area contributed by atoms with Gasteiger partial charge in [0.1, 0.15) is 17.6 Å². The van der Waals surface area contributed by atoms with E-state index < -0.39 is 11.9 Å². The lowest BCUT2D eigenvalue weighted by atomic mass is 10.1. The van der Waals surface area contributed by atoms with Crippen molar-refractivity contribution in [1.29, 1.82) is 0 Å². The van der Waals surface area contributed by atoms with Crippen LogP contribution in [0.3, 0.4) is 0 Å². The van der Waals surface area contributed by atoms with E-state index in [1.54, 1.807) is 0 Å². The van der Waals surface area contributed by atoms with E-state index in [1.165, 1.54) is 12.1 Å². The van der Waals surface area contributed by atoms with Gasteiger partial charge in [0.2, 0.25) is 5.28 Å². The molecule has 0 saturated carbocycles. The molecule has 2 rings (SSSR count). The Hall–Kier alpha value is -2.74. The van der Waals surface area contributed by atoms with Crippen molar-refractivity contribution in [2.45, 2.75) is 0 Å². The van der Waals surface area contributed by atoms with Gasteiger partial charge in [-0.05, 0) is 29.8 Å². The molecule has 2 aromatic rings. The fourth-order valence-electron chi connectivity index (χ4n) is 1.33. The van der Waals surface area contributed by atoms with Crippen molar-refractivity contribution in [2.24, 2.45) is 0 Å². The van der Waals surface area contributed by atoms with Gasteiger partial charge in [0.25, 0.3) is 0 Å². The highest BCUT2D eigenvalue weighted by Gasteiger charge is 2.16. The molecule has 0 aliphatic rings. The van der Waals surface area contributed by atoms with Crippen molar-refractivity contribution in [3.63, 3.8) is 0 Å². The minimum absolute atomic E-state index is 0.107. The summed E-state index contributed by atoms with van der Waals surface area (Å²) >= 11 is 5.54. The molecule has 9 heteroatoms.